The molecule has 0 aliphatic rings. The van der Waals surface area contributed by atoms with Crippen molar-refractivity contribution in [1.82, 2.24) is 0 Å². The Morgan fingerprint density at radius 1 is 1.44 bits per heavy atom. The van der Waals surface area contributed by atoms with Gasteiger partial charge in [-0.2, -0.15) is 13.2 Å². The van der Waals surface area contributed by atoms with Gasteiger partial charge in [-0.1, -0.05) is 6.07 Å². The molecule has 2 N–H and O–H groups in total. The van der Waals surface area contributed by atoms with Crippen LogP contribution in [0.5, 0.6) is 0 Å². The maximum atomic E-state index is 13.4. The minimum Gasteiger partial charge on any atom is -0.468 e. The van der Waals surface area contributed by atoms with Crippen LogP contribution in [0.25, 0.3) is 0 Å². The Labute approximate surface area is 101 Å². The van der Waals surface area contributed by atoms with E-state index in [4.69, 9.17) is 5.73 Å². The summed E-state index contributed by atoms with van der Waals surface area (Å²) in [5.74, 6) is -1.95. The summed E-state index contributed by atoms with van der Waals surface area (Å²) in [4.78, 5) is 11.0. The van der Waals surface area contributed by atoms with Crippen LogP contribution < -0.4 is 5.73 Å². The highest BCUT2D eigenvalue weighted by Gasteiger charge is 2.35. The number of nitrogens with two attached hydrogens (primary N) is 1. The molecule has 0 amide bonds. The van der Waals surface area contributed by atoms with Crippen molar-refractivity contribution in [2.24, 2.45) is 5.73 Å². The summed E-state index contributed by atoms with van der Waals surface area (Å²) >= 11 is 0. The molecule has 0 aliphatic heterocycles. The van der Waals surface area contributed by atoms with E-state index in [1.165, 1.54) is 0 Å². The van der Waals surface area contributed by atoms with Crippen molar-refractivity contribution in [3.63, 3.8) is 0 Å². The molecule has 0 fully saturated rings. The van der Waals surface area contributed by atoms with Crippen LogP contribution in [-0.4, -0.2) is 19.1 Å². The van der Waals surface area contributed by atoms with Crippen molar-refractivity contribution in [3.05, 3.63) is 35.1 Å². The van der Waals surface area contributed by atoms with Crippen LogP contribution in [0.1, 0.15) is 11.1 Å². The molecule has 100 valence electrons. The maximum absolute atomic E-state index is 13.4. The molecule has 1 aromatic rings. The molecule has 0 aromatic heterocycles. The van der Waals surface area contributed by atoms with Crippen molar-refractivity contribution in [3.8, 4) is 0 Å². The zero-order valence-electron chi connectivity index (χ0n) is 9.42. The van der Waals surface area contributed by atoms with Gasteiger partial charge in [0, 0.05) is 12.0 Å². The number of hydrogen-bond acceptors (Lipinski definition) is 3. The Balaban J connectivity index is 3.12. The predicted molar refractivity (Wildman–Crippen MR) is 55.1 cm³/mol. The first-order valence-corrected chi connectivity index (χ1v) is 4.95. The van der Waals surface area contributed by atoms with E-state index in [-0.39, 0.29) is 0 Å². The van der Waals surface area contributed by atoms with Gasteiger partial charge in [0.05, 0.1) is 12.7 Å². The maximum Gasteiger partial charge on any atom is 0.416 e. The smallest absolute Gasteiger partial charge is 0.416 e. The van der Waals surface area contributed by atoms with Crippen molar-refractivity contribution in [1.29, 1.82) is 0 Å². The summed E-state index contributed by atoms with van der Waals surface area (Å²) in [6, 6.07) is 1.23. The Morgan fingerprint density at radius 2 is 2.06 bits per heavy atom. The van der Waals surface area contributed by atoms with Gasteiger partial charge >= 0.3 is 12.1 Å². The Morgan fingerprint density at radius 3 is 2.56 bits per heavy atom. The summed E-state index contributed by atoms with van der Waals surface area (Å²) in [5.41, 5.74) is 3.56. The number of hydrogen-bond donors (Lipinski definition) is 1. The van der Waals surface area contributed by atoms with Gasteiger partial charge in [-0.15, -0.1) is 0 Å². The lowest BCUT2D eigenvalue weighted by Crippen LogP contribution is -2.34. The van der Waals surface area contributed by atoms with Gasteiger partial charge in [0.15, 0.2) is 0 Å². The van der Waals surface area contributed by atoms with Gasteiger partial charge in [-0.05, 0) is 12.1 Å². The summed E-state index contributed by atoms with van der Waals surface area (Å²) in [5, 5.41) is 0. The van der Waals surface area contributed by atoms with Gasteiger partial charge in [-0.25, -0.2) is 4.39 Å². The lowest BCUT2D eigenvalue weighted by atomic mass is 9.99. The highest BCUT2D eigenvalue weighted by molar-refractivity contribution is 5.75. The van der Waals surface area contributed by atoms with Gasteiger partial charge in [0.2, 0.25) is 0 Å². The van der Waals surface area contributed by atoms with Crippen molar-refractivity contribution in [2.45, 2.75) is 18.6 Å². The highest BCUT2D eigenvalue weighted by Crippen LogP contribution is 2.33. The first-order valence-electron chi connectivity index (χ1n) is 4.95. The number of carbonyl (C=O) groups excluding carboxylic acids is 1. The zero-order valence-corrected chi connectivity index (χ0v) is 9.42. The Bertz CT molecular complexity index is 445. The molecular weight excluding hydrogens is 254 g/mol. The van der Waals surface area contributed by atoms with E-state index in [2.05, 4.69) is 4.74 Å². The minimum absolute atomic E-state index is 0.575. The first-order chi connectivity index (χ1) is 8.27. The van der Waals surface area contributed by atoms with E-state index in [1.54, 1.807) is 0 Å². The van der Waals surface area contributed by atoms with E-state index in [0.717, 1.165) is 25.3 Å². The first kappa shape index (κ1) is 14.4. The van der Waals surface area contributed by atoms with Crippen LogP contribution in [0.4, 0.5) is 17.6 Å². The molecule has 1 rings (SSSR count). The molecule has 0 saturated carbocycles. The number of ether oxygens (including phenoxy) is 1. The predicted octanol–water partition coefficient (Wildman–Crippen LogP) is 1.89. The molecule has 18 heavy (non-hydrogen) atoms. The summed E-state index contributed by atoms with van der Waals surface area (Å²) in [6.07, 6.45) is -5.28. The molecule has 1 aromatic carbocycles. The van der Waals surface area contributed by atoms with Crippen LogP contribution in [-0.2, 0) is 22.1 Å². The summed E-state index contributed by atoms with van der Waals surface area (Å²) in [6.45, 7) is 0. The van der Waals surface area contributed by atoms with Gasteiger partial charge in [0.25, 0.3) is 0 Å². The van der Waals surface area contributed by atoms with E-state index >= 15 is 0 Å². The Kier molecular flexibility index (Phi) is 4.28. The third-order valence-corrected chi connectivity index (χ3v) is 2.35. The molecule has 0 bridgehead atoms. The van der Waals surface area contributed by atoms with Crippen molar-refractivity contribution < 1.29 is 27.1 Å². The highest BCUT2D eigenvalue weighted by atomic mass is 19.4. The van der Waals surface area contributed by atoms with Crippen LogP contribution >= 0.6 is 0 Å². The Hall–Kier alpha value is -1.63. The third-order valence-electron chi connectivity index (χ3n) is 2.35. The van der Waals surface area contributed by atoms with Crippen LogP contribution in [0.3, 0.4) is 0 Å². The summed E-state index contributed by atoms with van der Waals surface area (Å²) < 4.78 is 55.6. The average molecular weight is 265 g/mol. The normalized spacial score (nSPS) is 13.2. The van der Waals surface area contributed by atoms with Crippen LogP contribution in [0.15, 0.2) is 18.2 Å². The van der Waals surface area contributed by atoms with Crippen molar-refractivity contribution >= 4 is 5.97 Å². The molecule has 0 unspecified atom stereocenters. The largest absolute Gasteiger partial charge is 0.468 e. The van der Waals surface area contributed by atoms with Gasteiger partial charge in [0.1, 0.15) is 11.9 Å². The van der Waals surface area contributed by atoms with E-state index in [9.17, 15) is 22.4 Å². The molecule has 0 heterocycles. The molecule has 0 spiro atoms. The van der Waals surface area contributed by atoms with E-state index in [0.29, 0.717) is 0 Å². The van der Waals surface area contributed by atoms with Gasteiger partial charge < -0.3 is 10.5 Å². The fraction of sp³-hybridized carbons (Fsp3) is 0.364. The number of alkyl halides is 3. The standard InChI is InChI=1S/C11H11F4NO2/c1-18-10(17)9(16)5-6-7(11(13,14)15)3-2-4-8(6)12/h2-4,9H,5,16H2,1H3/t9-/m0/s1. The number of esters is 1. The molecule has 7 heteroatoms. The van der Waals surface area contributed by atoms with Gasteiger partial charge in [-0.3, -0.25) is 4.79 Å². The number of rotatable bonds is 3. The summed E-state index contributed by atoms with van der Waals surface area (Å²) in [7, 11) is 1.05. The molecule has 0 aliphatic carbocycles. The third kappa shape index (κ3) is 3.19. The number of methoxy groups -OCH3 is 1. The van der Waals surface area contributed by atoms with E-state index < -0.39 is 41.6 Å². The van der Waals surface area contributed by atoms with E-state index in [1.807, 2.05) is 0 Å². The number of halogens is 4. The topological polar surface area (TPSA) is 52.3 Å². The second-order valence-electron chi connectivity index (χ2n) is 3.60. The molecule has 0 radical (unpaired) electrons. The quantitative estimate of drug-likeness (QED) is 0.670. The average Bonchev–Trinajstić information content (AvgIpc) is 2.29. The molecule has 1 atom stereocenters. The fourth-order valence-corrected chi connectivity index (χ4v) is 1.49. The SMILES string of the molecule is COC(=O)[C@@H](N)Cc1c(F)cccc1C(F)(F)F. The number of carbonyl (C=O) groups is 1. The second kappa shape index (κ2) is 5.34. The lowest BCUT2D eigenvalue weighted by Gasteiger charge is -2.15. The molecule has 0 saturated heterocycles. The molecular formula is C11H11F4NO2. The van der Waals surface area contributed by atoms with Crippen LogP contribution in [0.2, 0.25) is 0 Å². The van der Waals surface area contributed by atoms with Crippen molar-refractivity contribution in [2.75, 3.05) is 7.11 Å². The van der Waals surface area contributed by atoms with Crippen LogP contribution in [0, 0.1) is 5.82 Å². The lowest BCUT2D eigenvalue weighted by molar-refractivity contribution is -0.143. The fourth-order valence-electron chi connectivity index (χ4n) is 1.49. The second-order valence-corrected chi connectivity index (χ2v) is 3.60. The molecule has 3 nitrogen and oxygen atoms in total. The minimum atomic E-state index is -4.70. The zero-order chi connectivity index (χ0) is 13.9. The number of benzene rings is 1. The monoisotopic (exact) mass is 265 g/mol.